The Morgan fingerprint density at radius 2 is 2.32 bits per heavy atom. The number of hydrogen-bond acceptors (Lipinski definition) is 4. The molecule has 106 valence electrons. The van der Waals surface area contributed by atoms with Crippen molar-refractivity contribution < 1.29 is 19.4 Å². The Hall–Kier alpha value is -2.09. The summed E-state index contributed by atoms with van der Waals surface area (Å²) in [5, 5.41) is 15.4. The number of rotatable bonds is 7. The molecule has 1 aromatic rings. The van der Waals surface area contributed by atoms with E-state index in [0.717, 1.165) is 4.90 Å². The fraction of sp³-hybridized carbons (Fsp3) is 0.545. The molecule has 0 aliphatic heterocycles. The average molecular weight is 270 g/mol. The van der Waals surface area contributed by atoms with Crippen molar-refractivity contribution >= 4 is 17.7 Å². The van der Waals surface area contributed by atoms with Crippen LogP contribution in [0.3, 0.4) is 0 Å². The van der Waals surface area contributed by atoms with Gasteiger partial charge in [0, 0.05) is 26.4 Å². The van der Waals surface area contributed by atoms with Crippen LogP contribution in [0, 0.1) is 0 Å². The molecule has 1 rings (SSSR count). The number of anilines is 1. The van der Waals surface area contributed by atoms with Gasteiger partial charge in [0.05, 0.1) is 18.5 Å². The van der Waals surface area contributed by atoms with Crippen LogP contribution in [0.1, 0.15) is 6.92 Å². The SMILES string of the molecule is CCn1cc(NC(=O)N(CCOC)CC(=O)O)cn1. The fourth-order valence-corrected chi connectivity index (χ4v) is 1.42. The van der Waals surface area contributed by atoms with Gasteiger partial charge in [0.1, 0.15) is 6.54 Å². The number of carbonyl (C=O) groups is 2. The lowest BCUT2D eigenvalue weighted by atomic mass is 10.5. The lowest BCUT2D eigenvalue weighted by molar-refractivity contribution is -0.137. The summed E-state index contributed by atoms with van der Waals surface area (Å²) in [6.07, 6.45) is 3.18. The number of aryl methyl sites for hydroxylation is 1. The molecule has 19 heavy (non-hydrogen) atoms. The third-order valence-corrected chi connectivity index (χ3v) is 2.39. The molecule has 0 unspecified atom stereocenters. The first-order valence-electron chi connectivity index (χ1n) is 5.86. The van der Waals surface area contributed by atoms with Gasteiger partial charge < -0.3 is 20.1 Å². The van der Waals surface area contributed by atoms with Gasteiger partial charge in [-0.25, -0.2) is 4.79 Å². The van der Waals surface area contributed by atoms with Gasteiger partial charge in [-0.15, -0.1) is 0 Å². The molecule has 2 amide bonds. The molecule has 0 aliphatic carbocycles. The van der Waals surface area contributed by atoms with E-state index in [1.165, 1.54) is 13.3 Å². The van der Waals surface area contributed by atoms with Gasteiger partial charge in [-0.3, -0.25) is 9.48 Å². The van der Waals surface area contributed by atoms with Gasteiger partial charge in [-0.2, -0.15) is 5.10 Å². The lowest BCUT2D eigenvalue weighted by Crippen LogP contribution is -2.40. The normalized spacial score (nSPS) is 10.2. The first-order chi connectivity index (χ1) is 9.06. The number of aromatic nitrogens is 2. The molecule has 0 atom stereocenters. The minimum Gasteiger partial charge on any atom is -0.480 e. The molecular formula is C11H18N4O4. The van der Waals surface area contributed by atoms with Crippen molar-refractivity contribution in [2.75, 3.05) is 32.1 Å². The average Bonchev–Trinajstić information content (AvgIpc) is 2.81. The summed E-state index contributed by atoms with van der Waals surface area (Å²) in [4.78, 5) is 23.8. The molecule has 8 nitrogen and oxygen atoms in total. The molecule has 0 radical (unpaired) electrons. The summed E-state index contributed by atoms with van der Waals surface area (Å²) >= 11 is 0. The number of amides is 2. The van der Waals surface area contributed by atoms with Crippen molar-refractivity contribution in [3.05, 3.63) is 12.4 Å². The summed E-state index contributed by atoms with van der Waals surface area (Å²) < 4.78 is 6.50. The first-order valence-corrected chi connectivity index (χ1v) is 5.86. The highest BCUT2D eigenvalue weighted by Gasteiger charge is 2.17. The number of carbonyl (C=O) groups excluding carboxylic acids is 1. The van der Waals surface area contributed by atoms with E-state index < -0.39 is 12.0 Å². The largest absolute Gasteiger partial charge is 0.480 e. The zero-order valence-electron chi connectivity index (χ0n) is 11.0. The molecule has 0 spiro atoms. The standard InChI is InChI=1S/C11H18N4O4/c1-3-15-7-9(6-12-15)13-11(18)14(4-5-19-2)8-10(16)17/h6-7H,3-5,8H2,1-2H3,(H,13,18)(H,16,17). The van der Waals surface area contributed by atoms with Crippen molar-refractivity contribution in [1.29, 1.82) is 0 Å². The zero-order chi connectivity index (χ0) is 14.3. The summed E-state index contributed by atoms with van der Waals surface area (Å²) in [6, 6.07) is -0.491. The molecule has 8 heteroatoms. The van der Waals surface area contributed by atoms with Crippen LogP contribution in [0.15, 0.2) is 12.4 Å². The van der Waals surface area contributed by atoms with Crippen molar-refractivity contribution in [2.45, 2.75) is 13.5 Å². The number of nitrogens with one attached hydrogen (secondary N) is 1. The maximum Gasteiger partial charge on any atom is 0.323 e. The van der Waals surface area contributed by atoms with Crippen LogP contribution in [0.4, 0.5) is 10.5 Å². The van der Waals surface area contributed by atoms with Crippen LogP contribution in [0.5, 0.6) is 0 Å². The van der Waals surface area contributed by atoms with Gasteiger partial charge in [-0.05, 0) is 6.92 Å². The van der Waals surface area contributed by atoms with E-state index in [1.54, 1.807) is 10.9 Å². The minimum absolute atomic E-state index is 0.205. The van der Waals surface area contributed by atoms with Crippen LogP contribution in [0.2, 0.25) is 0 Å². The zero-order valence-corrected chi connectivity index (χ0v) is 11.0. The molecule has 0 saturated heterocycles. The van der Waals surface area contributed by atoms with Crippen LogP contribution in [0.25, 0.3) is 0 Å². The highest BCUT2D eigenvalue weighted by molar-refractivity contribution is 5.91. The second-order valence-corrected chi connectivity index (χ2v) is 3.82. The quantitative estimate of drug-likeness (QED) is 0.750. The maximum absolute atomic E-state index is 11.9. The number of carboxylic acid groups (broad SMARTS) is 1. The molecular weight excluding hydrogens is 252 g/mol. The monoisotopic (exact) mass is 270 g/mol. The van der Waals surface area contributed by atoms with E-state index in [1.807, 2.05) is 6.92 Å². The number of urea groups is 1. The Labute approximate surface area is 110 Å². The predicted molar refractivity (Wildman–Crippen MR) is 68.0 cm³/mol. The lowest BCUT2D eigenvalue weighted by Gasteiger charge is -2.20. The molecule has 0 aliphatic rings. The summed E-state index contributed by atoms with van der Waals surface area (Å²) in [5.41, 5.74) is 0.527. The van der Waals surface area contributed by atoms with Gasteiger partial charge in [0.25, 0.3) is 0 Å². The highest BCUT2D eigenvalue weighted by Crippen LogP contribution is 2.06. The van der Waals surface area contributed by atoms with Crippen LogP contribution >= 0.6 is 0 Å². The van der Waals surface area contributed by atoms with Gasteiger partial charge in [0.2, 0.25) is 0 Å². The van der Waals surface area contributed by atoms with Gasteiger partial charge in [0.15, 0.2) is 0 Å². The van der Waals surface area contributed by atoms with E-state index in [0.29, 0.717) is 12.2 Å². The van der Waals surface area contributed by atoms with Crippen molar-refractivity contribution in [2.24, 2.45) is 0 Å². The van der Waals surface area contributed by atoms with Gasteiger partial charge >= 0.3 is 12.0 Å². The van der Waals surface area contributed by atoms with Gasteiger partial charge in [-0.1, -0.05) is 0 Å². The second-order valence-electron chi connectivity index (χ2n) is 3.82. The first kappa shape index (κ1) is 15.0. The highest BCUT2D eigenvalue weighted by atomic mass is 16.5. The van der Waals surface area contributed by atoms with E-state index in [-0.39, 0.29) is 19.7 Å². The molecule has 0 aromatic carbocycles. The minimum atomic E-state index is -1.07. The Bertz CT molecular complexity index is 432. The topological polar surface area (TPSA) is 96.7 Å². The number of hydrogen-bond donors (Lipinski definition) is 2. The predicted octanol–water partition coefficient (Wildman–Crippen LogP) is 0.468. The smallest absolute Gasteiger partial charge is 0.323 e. The number of aliphatic carboxylic acids is 1. The molecule has 0 bridgehead atoms. The fourth-order valence-electron chi connectivity index (χ4n) is 1.42. The molecule has 0 fully saturated rings. The molecule has 1 aromatic heterocycles. The van der Waals surface area contributed by atoms with Crippen LogP contribution in [-0.2, 0) is 16.1 Å². The van der Waals surface area contributed by atoms with Crippen molar-refractivity contribution in [1.82, 2.24) is 14.7 Å². The molecule has 2 N–H and O–H groups in total. The number of methoxy groups -OCH3 is 1. The molecule has 0 saturated carbocycles. The molecule has 1 heterocycles. The third kappa shape index (κ3) is 4.96. The number of carboxylic acids is 1. The van der Waals surface area contributed by atoms with E-state index in [4.69, 9.17) is 9.84 Å². The summed E-state index contributed by atoms with van der Waals surface area (Å²) in [5.74, 6) is -1.07. The summed E-state index contributed by atoms with van der Waals surface area (Å²) in [7, 11) is 1.49. The van der Waals surface area contributed by atoms with E-state index in [9.17, 15) is 9.59 Å². The van der Waals surface area contributed by atoms with E-state index in [2.05, 4.69) is 10.4 Å². The Balaban J connectivity index is 2.61. The number of ether oxygens (including phenoxy) is 1. The van der Waals surface area contributed by atoms with Crippen molar-refractivity contribution in [3.8, 4) is 0 Å². The van der Waals surface area contributed by atoms with E-state index >= 15 is 0 Å². The maximum atomic E-state index is 11.9. The Kier molecular flexibility index (Phi) is 5.80. The van der Waals surface area contributed by atoms with Crippen molar-refractivity contribution in [3.63, 3.8) is 0 Å². The summed E-state index contributed by atoms with van der Waals surface area (Å²) in [6.45, 7) is 2.72. The third-order valence-electron chi connectivity index (χ3n) is 2.39. The Morgan fingerprint density at radius 1 is 1.58 bits per heavy atom. The Morgan fingerprint density at radius 3 is 2.84 bits per heavy atom. The van der Waals surface area contributed by atoms with Crippen LogP contribution in [-0.4, -0.2) is 58.6 Å². The number of nitrogens with zero attached hydrogens (tertiary/aromatic N) is 3. The second kappa shape index (κ2) is 7.37. The van der Waals surface area contributed by atoms with Crippen LogP contribution < -0.4 is 5.32 Å².